The molecule has 0 aliphatic rings. The molecule has 1 atom stereocenters. The molecule has 0 bridgehead atoms. The normalized spacial score (nSPS) is 12.1. The topological polar surface area (TPSA) is 75.9 Å². The van der Waals surface area contributed by atoms with E-state index in [0.29, 0.717) is 5.95 Å². The first-order valence-electron chi connectivity index (χ1n) is 7.41. The van der Waals surface area contributed by atoms with Crippen LogP contribution in [-0.4, -0.2) is 16.5 Å². The second kappa shape index (κ2) is 7.83. The van der Waals surface area contributed by atoms with Crippen molar-refractivity contribution in [3.8, 4) is 0 Å². The van der Waals surface area contributed by atoms with Gasteiger partial charge in [-0.25, -0.2) is 0 Å². The smallest absolute Gasteiger partial charge is 0.223 e. The van der Waals surface area contributed by atoms with Gasteiger partial charge in [-0.1, -0.05) is 26.3 Å². The number of thiophene rings is 1. The van der Waals surface area contributed by atoms with Crippen LogP contribution in [0.1, 0.15) is 44.0 Å². The summed E-state index contributed by atoms with van der Waals surface area (Å²) in [5.41, 5.74) is 5.80. The molecule has 1 unspecified atom stereocenters. The number of hydrogen-bond donors (Lipinski definition) is 3. The molecule has 2 rings (SSSR count). The van der Waals surface area contributed by atoms with Gasteiger partial charge >= 0.3 is 0 Å². The molecule has 0 aliphatic heterocycles. The highest BCUT2D eigenvalue weighted by molar-refractivity contribution is 7.10. The van der Waals surface area contributed by atoms with E-state index in [1.54, 1.807) is 11.3 Å². The Kier molecular flexibility index (Phi) is 5.80. The standard InChI is InChI=1S/C15H23N5S/c1-3-6-11(12-7-5-9-21-12)18-14-10-13(17-8-4-2)19-15(16)20-14/h5,7,9-11H,3-4,6,8H2,1-2H3,(H4,16,17,18,19,20). The van der Waals surface area contributed by atoms with Gasteiger partial charge in [-0.15, -0.1) is 11.3 Å². The Labute approximate surface area is 130 Å². The van der Waals surface area contributed by atoms with Gasteiger partial charge in [0.2, 0.25) is 5.95 Å². The summed E-state index contributed by atoms with van der Waals surface area (Å²) in [7, 11) is 0. The van der Waals surface area contributed by atoms with Crippen molar-refractivity contribution in [1.82, 2.24) is 9.97 Å². The molecule has 4 N–H and O–H groups in total. The Bertz CT molecular complexity index is 541. The Morgan fingerprint density at radius 3 is 2.71 bits per heavy atom. The first kappa shape index (κ1) is 15.6. The van der Waals surface area contributed by atoms with Crippen LogP contribution in [0.5, 0.6) is 0 Å². The predicted octanol–water partition coefficient (Wildman–Crippen LogP) is 3.90. The third-order valence-corrected chi connectivity index (χ3v) is 4.07. The van der Waals surface area contributed by atoms with Gasteiger partial charge in [-0.05, 0) is 24.3 Å². The van der Waals surface area contributed by atoms with Crippen molar-refractivity contribution in [2.24, 2.45) is 0 Å². The van der Waals surface area contributed by atoms with Crippen LogP contribution in [0.4, 0.5) is 17.6 Å². The second-order valence-electron chi connectivity index (χ2n) is 4.92. The highest BCUT2D eigenvalue weighted by Crippen LogP contribution is 2.27. The van der Waals surface area contributed by atoms with Crippen molar-refractivity contribution >= 4 is 28.9 Å². The zero-order valence-corrected chi connectivity index (χ0v) is 13.4. The van der Waals surface area contributed by atoms with Gasteiger partial charge in [-0.2, -0.15) is 9.97 Å². The molecular formula is C15H23N5S. The number of nitrogen functional groups attached to an aromatic ring is 1. The number of rotatable bonds is 8. The fourth-order valence-electron chi connectivity index (χ4n) is 2.13. The summed E-state index contributed by atoms with van der Waals surface area (Å²) in [5.74, 6) is 1.83. The molecule has 2 aromatic rings. The molecule has 0 aliphatic carbocycles. The van der Waals surface area contributed by atoms with Crippen molar-refractivity contribution < 1.29 is 0 Å². The van der Waals surface area contributed by atoms with Gasteiger partial charge in [0.15, 0.2) is 0 Å². The molecule has 0 aromatic carbocycles. The van der Waals surface area contributed by atoms with Crippen LogP contribution in [0, 0.1) is 0 Å². The van der Waals surface area contributed by atoms with Crippen molar-refractivity contribution in [3.63, 3.8) is 0 Å². The molecule has 0 amide bonds. The van der Waals surface area contributed by atoms with E-state index in [0.717, 1.165) is 37.4 Å². The number of anilines is 3. The maximum absolute atomic E-state index is 5.80. The minimum absolute atomic E-state index is 0.267. The molecule has 2 heterocycles. The molecular weight excluding hydrogens is 282 g/mol. The molecule has 5 nitrogen and oxygen atoms in total. The lowest BCUT2D eigenvalue weighted by atomic mass is 10.1. The van der Waals surface area contributed by atoms with Crippen LogP contribution in [0.2, 0.25) is 0 Å². The monoisotopic (exact) mass is 305 g/mol. The van der Waals surface area contributed by atoms with Gasteiger partial charge in [0.05, 0.1) is 6.04 Å². The van der Waals surface area contributed by atoms with Crippen LogP contribution in [0.3, 0.4) is 0 Å². The van der Waals surface area contributed by atoms with Crippen LogP contribution >= 0.6 is 11.3 Å². The van der Waals surface area contributed by atoms with Crippen molar-refractivity contribution in [3.05, 3.63) is 28.5 Å². The summed E-state index contributed by atoms with van der Waals surface area (Å²) in [5, 5.41) is 8.83. The Balaban J connectivity index is 2.14. The van der Waals surface area contributed by atoms with Crippen molar-refractivity contribution in [2.75, 3.05) is 22.9 Å². The first-order chi connectivity index (χ1) is 10.2. The lowest BCUT2D eigenvalue weighted by molar-refractivity contribution is 0.684. The molecule has 0 spiro atoms. The summed E-state index contributed by atoms with van der Waals surface area (Å²) in [6.45, 7) is 5.18. The molecule has 6 heteroatoms. The van der Waals surface area contributed by atoms with Gasteiger partial charge in [0.25, 0.3) is 0 Å². The molecule has 0 radical (unpaired) electrons. The maximum atomic E-state index is 5.80. The summed E-state index contributed by atoms with van der Waals surface area (Å²) >= 11 is 1.76. The highest BCUT2D eigenvalue weighted by Gasteiger charge is 2.13. The van der Waals surface area contributed by atoms with Crippen LogP contribution in [0.15, 0.2) is 23.6 Å². The quantitative estimate of drug-likeness (QED) is 0.689. The minimum Gasteiger partial charge on any atom is -0.370 e. The van der Waals surface area contributed by atoms with Gasteiger partial charge < -0.3 is 16.4 Å². The molecule has 114 valence electrons. The molecule has 21 heavy (non-hydrogen) atoms. The molecule has 0 saturated heterocycles. The SMILES string of the molecule is CCCNc1cc(NC(CCC)c2cccs2)nc(N)n1. The molecule has 0 fully saturated rings. The van der Waals surface area contributed by atoms with E-state index >= 15 is 0 Å². The zero-order valence-electron chi connectivity index (χ0n) is 12.6. The maximum Gasteiger partial charge on any atom is 0.223 e. The Morgan fingerprint density at radius 1 is 1.24 bits per heavy atom. The summed E-state index contributed by atoms with van der Waals surface area (Å²) in [6.07, 6.45) is 3.21. The lowest BCUT2D eigenvalue weighted by Gasteiger charge is -2.18. The van der Waals surface area contributed by atoms with E-state index in [1.807, 2.05) is 6.07 Å². The summed E-state index contributed by atoms with van der Waals surface area (Å²) in [4.78, 5) is 9.82. The van der Waals surface area contributed by atoms with E-state index in [9.17, 15) is 0 Å². The fraction of sp³-hybridized carbons (Fsp3) is 0.467. The van der Waals surface area contributed by atoms with Crippen LogP contribution in [-0.2, 0) is 0 Å². The summed E-state index contributed by atoms with van der Waals surface area (Å²) in [6, 6.07) is 6.41. The highest BCUT2D eigenvalue weighted by atomic mass is 32.1. The van der Waals surface area contributed by atoms with Gasteiger partial charge in [-0.3, -0.25) is 0 Å². The minimum atomic E-state index is 0.267. The average molecular weight is 305 g/mol. The second-order valence-corrected chi connectivity index (χ2v) is 5.90. The average Bonchev–Trinajstić information content (AvgIpc) is 2.98. The predicted molar refractivity (Wildman–Crippen MR) is 90.8 cm³/mol. The number of nitrogens with two attached hydrogens (primary N) is 1. The zero-order chi connectivity index (χ0) is 15.1. The van der Waals surface area contributed by atoms with Crippen LogP contribution < -0.4 is 16.4 Å². The molecule has 0 saturated carbocycles. The Hall–Kier alpha value is -1.82. The van der Waals surface area contributed by atoms with E-state index in [1.165, 1.54) is 4.88 Å². The van der Waals surface area contributed by atoms with E-state index < -0.39 is 0 Å². The largest absolute Gasteiger partial charge is 0.370 e. The van der Waals surface area contributed by atoms with E-state index in [4.69, 9.17) is 5.73 Å². The number of hydrogen-bond acceptors (Lipinski definition) is 6. The van der Waals surface area contributed by atoms with Gasteiger partial charge in [0.1, 0.15) is 11.6 Å². The van der Waals surface area contributed by atoms with Crippen molar-refractivity contribution in [1.29, 1.82) is 0 Å². The van der Waals surface area contributed by atoms with Crippen LogP contribution in [0.25, 0.3) is 0 Å². The third-order valence-electron chi connectivity index (χ3n) is 3.09. The fourth-order valence-corrected chi connectivity index (χ4v) is 2.94. The summed E-state index contributed by atoms with van der Waals surface area (Å²) < 4.78 is 0. The Morgan fingerprint density at radius 2 is 2.05 bits per heavy atom. The van der Waals surface area contributed by atoms with Crippen molar-refractivity contribution in [2.45, 2.75) is 39.2 Å². The van der Waals surface area contributed by atoms with E-state index in [2.05, 4.69) is 52.0 Å². The number of nitrogens with zero attached hydrogens (tertiary/aromatic N) is 2. The first-order valence-corrected chi connectivity index (χ1v) is 8.29. The van der Waals surface area contributed by atoms with Gasteiger partial charge in [0, 0.05) is 17.5 Å². The number of nitrogens with one attached hydrogen (secondary N) is 2. The molecule has 2 aromatic heterocycles. The van der Waals surface area contributed by atoms with E-state index in [-0.39, 0.29) is 6.04 Å². The lowest BCUT2D eigenvalue weighted by Crippen LogP contribution is -2.13. The third kappa shape index (κ3) is 4.60. The number of aromatic nitrogens is 2.